The number of ketones is 1. The molecule has 5 rings (SSSR count). The standard InChI is InChI=1S/C28H28N4O7/c1-15-10-16(6-7-21(33)18-4-2-3-5-19(18)28(36)37)12-17(11-15)38-13-22-24(34)25(35)27(39-22)32-14-31-23-20(29)8-9-30-26(23)32/h2-5,8-12,14,22,24-25,27,34-35H,6-7,13H2,1H3,(H2,29,30)(H,36,37)/t22-,24-,25-,27-/m1/s1. The predicted molar refractivity (Wildman–Crippen MR) is 141 cm³/mol. The molecular weight excluding hydrogens is 504 g/mol. The lowest BCUT2D eigenvalue weighted by Crippen LogP contribution is -2.34. The molecule has 5 N–H and O–H groups in total. The average molecular weight is 533 g/mol. The van der Waals surface area contributed by atoms with Gasteiger partial charge in [-0.25, -0.2) is 14.8 Å². The number of carbonyl (C=O) groups is 2. The summed E-state index contributed by atoms with van der Waals surface area (Å²) in [6, 6.07) is 13.3. The fourth-order valence-electron chi connectivity index (χ4n) is 4.77. The predicted octanol–water partition coefficient (Wildman–Crippen LogP) is 2.53. The van der Waals surface area contributed by atoms with E-state index in [1.807, 2.05) is 19.1 Å². The largest absolute Gasteiger partial charge is 0.491 e. The Morgan fingerprint density at radius 3 is 2.62 bits per heavy atom. The van der Waals surface area contributed by atoms with Gasteiger partial charge in [-0.15, -0.1) is 0 Å². The van der Waals surface area contributed by atoms with Crippen molar-refractivity contribution in [1.29, 1.82) is 0 Å². The van der Waals surface area contributed by atoms with Crippen LogP contribution >= 0.6 is 0 Å². The van der Waals surface area contributed by atoms with Gasteiger partial charge in [0.25, 0.3) is 0 Å². The summed E-state index contributed by atoms with van der Waals surface area (Å²) < 4.78 is 13.4. The van der Waals surface area contributed by atoms with Gasteiger partial charge in [0.1, 0.15) is 36.2 Å². The number of aliphatic hydroxyl groups is 2. The maximum atomic E-state index is 12.7. The molecule has 2 aromatic carbocycles. The molecule has 1 aliphatic rings. The third-order valence-electron chi connectivity index (χ3n) is 6.73. The molecule has 11 nitrogen and oxygen atoms in total. The third kappa shape index (κ3) is 5.32. The molecule has 1 saturated heterocycles. The Kier molecular flexibility index (Phi) is 7.29. The first kappa shape index (κ1) is 26.3. The van der Waals surface area contributed by atoms with Crippen LogP contribution in [0.15, 0.2) is 61.1 Å². The summed E-state index contributed by atoms with van der Waals surface area (Å²) in [6.07, 6.45) is -0.719. The van der Waals surface area contributed by atoms with Gasteiger partial charge in [0.15, 0.2) is 17.7 Å². The summed E-state index contributed by atoms with van der Waals surface area (Å²) in [6.45, 7) is 1.85. The number of aromatic carboxylic acids is 1. The van der Waals surface area contributed by atoms with Gasteiger partial charge in [0.2, 0.25) is 0 Å². The van der Waals surface area contributed by atoms with Crippen molar-refractivity contribution in [3.8, 4) is 5.75 Å². The SMILES string of the molecule is Cc1cc(CCC(=O)c2ccccc2C(=O)O)cc(OC[C@H]2O[C@@H](n3cnc4c(N)ccnc43)[C@H](O)[C@@H]2O)c1. The summed E-state index contributed by atoms with van der Waals surface area (Å²) in [4.78, 5) is 32.7. The van der Waals surface area contributed by atoms with Crippen LogP contribution in [0, 0.1) is 6.92 Å². The Morgan fingerprint density at radius 2 is 1.85 bits per heavy atom. The van der Waals surface area contributed by atoms with E-state index in [0.29, 0.717) is 29.0 Å². The number of nitrogens with zero attached hydrogens (tertiary/aromatic N) is 3. The maximum absolute atomic E-state index is 12.7. The number of hydrogen-bond acceptors (Lipinski definition) is 9. The Bertz CT molecular complexity index is 1540. The van der Waals surface area contributed by atoms with Crippen LogP contribution in [0.25, 0.3) is 11.2 Å². The van der Waals surface area contributed by atoms with Gasteiger partial charge in [0.05, 0.1) is 17.6 Å². The highest BCUT2D eigenvalue weighted by Crippen LogP contribution is 2.33. The molecule has 1 aliphatic heterocycles. The van der Waals surface area contributed by atoms with E-state index in [1.54, 1.807) is 24.3 Å². The molecule has 3 heterocycles. The van der Waals surface area contributed by atoms with E-state index in [-0.39, 0.29) is 29.9 Å². The van der Waals surface area contributed by atoms with Crippen LogP contribution in [0.1, 0.15) is 44.5 Å². The number of carboxylic acid groups (broad SMARTS) is 1. The van der Waals surface area contributed by atoms with Crippen LogP contribution in [-0.4, -0.2) is 66.5 Å². The average Bonchev–Trinajstić information content (AvgIpc) is 3.47. The van der Waals surface area contributed by atoms with Gasteiger partial charge in [-0.2, -0.15) is 0 Å². The van der Waals surface area contributed by atoms with E-state index >= 15 is 0 Å². The Balaban J connectivity index is 1.24. The second-order valence-corrected chi connectivity index (χ2v) is 9.51. The second kappa shape index (κ2) is 10.8. The van der Waals surface area contributed by atoms with Gasteiger partial charge in [-0.05, 0) is 48.7 Å². The number of aliphatic hydroxyl groups excluding tert-OH is 2. The molecule has 0 saturated carbocycles. The zero-order valence-corrected chi connectivity index (χ0v) is 21.1. The molecule has 4 aromatic rings. The first-order chi connectivity index (χ1) is 18.7. The van der Waals surface area contributed by atoms with Crippen molar-refractivity contribution in [2.24, 2.45) is 0 Å². The van der Waals surface area contributed by atoms with E-state index in [4.69, 9.17) is 15.2 Å². The number of rotatable bonds is 9. The van der Waals surface area contributed by atoms with E-state index in [0.717, 1.165) is 11.1 Å². The number of nitrogen functional groups attached to an aromatic ring is 1. The van der Waals surface area contributed by atoms with Crippen LogP contribution in [0.2, 0.25) is 0 Å². The molecule has 11 heteroatoms. The van der Waals surface area contributed by atoms with Gasteiger partial charge >= 0.3 is 5.97 Å². The summed E-state index contributed by atoms with van der Waals surface area (Å²) in [5.74, 6) is -0.891. The van der Waals surface area contributed by atoms with Crippen molar-refractivity contribution >= 4 is 28.6 Å². The fraction of sp³-hybridized carbons (Fsp3) is 0.286. The molecule has 0 amide bonds. The normalized spacial score (nSPS) is 20.8. The second-order valence-electron chi connectivity index (χ2n) is 9.51. The maximum Gasteiger partial charge on any atom is 0.336 e. The van der Waals surface area contributed by atoms with Crippen LogP contribution in [0.3, 0.4) is 0 Å². The fourth-order valence-corrected chi connectivity index (χ4v) is 4.77. The van der Waals surface area contributed by atoms with Crippen molar-refractivity contribution in [2.75, 3.05) is 12.3 Å². The minimum absolute atomic E-state index is 0.0192. The zero-order chi connectivity index (χ0) is 27.7. The minimum Gasteiger partial charge on any atom is -0.491 e. The summed E-state index contributed by atoms with van der Waals surface area (Å²) in [5.41, 5.74) is 9.19. The van der Waals surface area contributed by atoms with Crippen molar-refractivity contribution in [2.45, 2.75) is 44.3 Å². The monoisotopic (exact) mass is 532 g/mol. The molecule has 1 fully saturated rings. The molecule has 0 bridgehead atoms. The number of carbonyl (C=O) groups excluding carboxylic acids is 1. The highest BCUT2D eigenvalue weighted by Gasteiger charge is 2.44. The smallest absolute Gasteiger partial charge is 0.336 e. The van der Waals surface area contributed by atoms with Gasteiger partial charge in [-0.3, -0.25) is 9.36 Å². The first-order valence-corrected chi connectivity index (χ1v) is 12.4. The molecule has 2 aromatic heterocycles. The zero-order valence-electron chi connectivity index (χ0n) is 21.1. The van der Waals surface area contributed by atoms with Crippen LogP contribution in [-0.2, 0) is 11.2 Å². The number of carboxylic acids is 1. The lowest BCUT2D eigenvalue weighted by Gasteiger charge is -2.17. The Hall–Kier alpha value is -4.32. The van der Waals surface area contributed by atoms with Gasteiger partial charge in [0, 0.05) is 18.2 Å². The number of pyridine rings is 1. The number of nitrogens with two attached hydrogens (primary N) is 1. The molecular formula is C28H28N4O7. The van der Waals surface area contributed by atoms with E-state index in [1.165, 1.54) is 29.2 Å². The molecule has 4 atom stereocenters. The lowest BCUT2D eigenvalue weighted by atomic mass is 9.98. The van der Waals surface area contributed by atoms with Crippen LogP contribution in [0.4, 0.5) is 5.69 Å². The quantitative estimate of drug-likeness (QED) is 0.235. The highest BCUT2D eigenvalue weighted by molar-refractivity contribution is 6.05. The number of Topliss-reactive ketones (excluding diaryl/α,β-unsaturated/α-hetero) is 1. The third-order valence-corrected chi connectivity index (χ3v) is 6.73. The number of fused-ring (bicyclic) bond motifs is 1. The van der Waals surface area contributed by atoms with Crippen molar-refractivity contribution in [3.63, 3.8) is 0 Å². The number of hydrogen-bond donors (Lipinski definition) is 4. The van der Waals surface area contributed by atoms with Gasteiger partial charge in [-0.1, -0.05) is 24.3 Å². The van der Waals surface area contributed by atoms with Gasteiger partial charge < -0.3 is 30.5 Å². The molecule has 39 heavy (non-hydrogen) atoms. The highest BCUT2D eigenvalue weighted by atomic mass is 16.6. The first-order valence-electron chi connectivity index (χ1n) is 12.4. The summed E-state index contributed by atoms with van der Waals surface area (Å²) >= 11 is 0. The number of aryl methyl sites for hydroxylation is 2. The van der Waals surface area contributed by atoms with Crippen LogP contribution < -0.4 is 10.5 Å². The topological polar surface area (TPSA) is 170 Å². The van der Waals surface area contributed by atoms with E-state index in [2.05, 4.69) is 9.97 Å². The number of anilines is 1. The Morgan fingerprint density at radius 1 is 1.08 bits per heavy atom. The molecule has 0 unspecified atom stereocenters. The lowest BCUT2D eigenvalue weighted by molar-refractivity contribution is -0.0474. The summed E-state index contributed by atoms with van der Waals surface area (Å²) in [7, 11) is 0. The van der Waals surface area contributed by atoms with E-state index < -0.39 is 30.5 Å². The number of ether oxygens (including phenoxy) is 2. The van der Waals surface area contributed by atoms with Crippen molar-refractivity contribution < 1.29 is 34.4 Å². The number of aromatic nitrogens is 3. The number of imidazole rings is 1. The molecule has 0 aliphatic carbocycles. The Labute approximate surface area is 223 Å². The number of benzene rings is 2. The van der Waals surface area contributed by atoms with E-state index in [9.17, 15) is 24.9 Å². The van der Waals surface area contributed by atoms with Crippen LogP contribution in [0.5, 0.6) is 5.75 Å². The molecule has 0 radical (unpaired) electrons. The molecule has 0 spiro atoms. The molecule has 202 valence electrons. The van der Waals surface area contributed by atoms with Crippen molar-refractivity contribution in [3.05, 3.63) is 83.3 Å². The summed E-state index contributed by atoms with van der Waals surface area (Å²) in [5, 5.41) is 30.7. The van der Waals surface area contributed by atoms with Crippen molar-refractivity contribution in [1.82, 2.24) is 14.5 Å². The minimum atomic E-state index is -1.24.